The Bertz CT molecular complexity index is 1160. The normalized spacial score (nSPS) is 11.5. The lowest BCUT2D eigenvalue weighted by Gasteiger charge is -2.08. The van der Waals surface area contributed by atoms with Crippen molar-refractivity contribution in [2.75, 3.05) is 0 Å². The summed E-state index contributed by atoms with van der Waals surface area (Å²) in [7, 11) is 0. The van der Waals surface area contributed by atoms with Crippen molar-refractivity contribution in [2.45, 2.75) is 0 Å². The van der Waals surface area contributed by atoms with Gasteiger partial charge in [0, 0.05) is 29.5 Å². The van der Waals surface area contributed by atoms with E-state index in [1.807, 2.05) is 18.2 Å². The number of fused-ring (bicyclic) bond motifs is 1. The quantitative estimate of drug-likeness (QED) is 0.528. The zero-order valence-corrected chi connectivity index (χ0v) is 14.9. The molecule has 0 saturated heterocycles. The van der Waals surface area contributed by atoms with E-state index in [9.17, 15) is 4.79 Å². The van der Waals surface area contributed by atoms with Crippen LogP contribution in [0.15, 0.2) is 65.7 Å². The van der Waals surface area contributed by atoms with Gasteiger partial charge in [0.15, 0.2) is 5.65 Å². The molecule has 0 unspecified atom stereocenters. The van der Waals surface area contributed by atoms with Crippen LogP contribution in [0.5, 0.6) is 0 Å². The van der Waals surface area contributed by atoms with Crippen LogP contribution >= 0.6 is 23.2 Å². The minimum atomic E-state index is -0.234. The number of benzene rings is 1. The average molecular weight is 383 g/mol. The Labute approximate surface area is 158 Å². The predicted molar refractivity (Wildman–Crippen MR) is 104 cm³/mol. The van der Waals surface area contributed by atoms with Gasteiger partial charge in [0.05, 0.1) is 11.4 Å². The molecule has 0 aliphatic carbocycles. The number of halogens is 2. The Morgan fingerprint density at radius 1 is 1.00 bits per heavy atom. The second-order valence-electron chi connectivity index (χ2n) is 5.56. The van der Waals surface area contributed by atoms with Crippen LogP contribution in [0.2, 0.25) is 10.2 Å². The second kappa shape index (κ2) is 6.78. The maximum atomic E-state index is 12.7. The Morgan fingerprint density at radius 3 is 2.54 bits per heavy atom. The first-order valence-corrected chi connectivity index (χ1v) is 8.53. The van der Waals surface area contributed by atoms with Gasteiger partial charge in [-0.3, -0.25) is 9.78 Å². The van der Waals surface area contributed by atoms with Crippen LogP contribution in [-0.4, -0.2) is 19.2 Å². The molecule has 0 aliphatic heterocycles. The number of aromatic nitrogens is 4. The molecule has 0 radical (unpaired) electrons. The van der Waals surface area contributed by atoms with Gasteiger partial charge in [-0.15, -0.1) is 0 Å². The van der Waals surface area contributed by atoms with Gasteiger partial charge in [-0.2, -0.15) is 4.52 Å². The molecule has 7 heteroatoms. The van der Waals surface area contributed by atoms with E-state index in [4.69, 9.17) is 23.2 Å². The molecule has 0 spiro atoms. The van der Waals surface area contributed by atoms with Crippen molar-refractivity contribution in [3.63, 3.8) is 0 Å². The van der Waals surface area contributed by atoms with Crippen LogP contribution < -0.4 is 5.56 Å². The summed E-state index contributed by atoms with van der Waals surface area (Å²) in [6.45, 7) is 0. The van der Waals surface area contributed by atoms with Crippen LogP contribution in [0.4, 0.5) is 0 Å². The lowest BCUT2D eigenvalue weighted by atomic mass is 10.2. The van der Waals surface area contributed by atoms with Crippen molar-refractivity contribution in [3.8, 4) is 5.69 Å². The molecule has 4 rings (SSSR count). The molecule has 0 aliphatic rings. The molecule has 3 heterocycles. The van der Waals surface area contributed by atoms with Gasteiger partial charge in [0.1, 0.15) is 5.15 Å². The molecule has 0 amide bonds. The molecule has 5 nitrogen and oxygen atoms in total. The first kappa shape index (κ1) is 16.6. The summed E-state index contributed by atoms with van der Waals surface area (Å²) in [5.74, 6) is 0. The molecule has 0 fully saturated rings. The first-order chi connectivity index (χ1) is 12.6. The van der Waals surface area contributed by atoms with Crippen LogP contribution in [-0.2, 0) is 0 Å². The molecular formula is C19H12Cl2N4O. The van der Waals surface area contributed by atoms with Crippen LogP contribution in [0.25, 0.3) is 23.5 Å². The number of hydrogen-bond acceptors (Lipinski definition) is 3. The van der Waals surface area contributed by atoms with Crippen LogP contribution in [0.3, 0.4) is 0 Å². The van der Waals surface area contributed by atoms with Crippen molar-refractivity contribution in [1.29, 1.82) is 0 Å². The summed E-state index contributed by atoms with van der Waals surface area (Å²) in [5, 5.41) is 0.986. The van der Waals surface area contributed by atoms with Gasteiger partial charge < -0.3 is 0 Å². The fraction of sp³-hybridized carbons (Fsp3) is 0. The van der Waals surface area contributed by atoms with E-state index in [1.54, 1.807) is 53.5 Å². The maximum absolute atomic E-state index is 12.7. The Hall–Kier alpha value is -2.89. The van der Waals surface area contributed by atoms with Crippen molar-refractivity contribution in [2.24, 2.45) is 0 Å². The lowest BCUT2D eigenvalue weighted by molar-refractivity contribution is 0.764. The van der Waals surface area contributed by atoms with E-state index < -0.39 is 0 Å². The largest absolute Gasteiger partial charge is 0.273 e. The van der Waals surface area contributed by atoms with Gasteiger partial charge in [-0.1, -0.05) is 35.3 Å². The molecule has 4 aromatic rings. The van der Waals surface area contributed by atoms with Gasteiger partial charge in [-0.25, -0.2) is 9.67 Å². The highest BCUT2D eigenvalue weighted by molar-refractivity contribution is 6.31. The van der Waals surface area contributed by atoms with Crippen molar-refractivity contribution in [1.82, 2.24) is 19.2 Å². The monoisotopic (exact) mass is 382 g/mol. The van der Waals surface area contributed by atoms with Crippen molar-refractivity contribution in [3.05, 3.63) is 92.7 Å². The first-order valence-electron chi connectivity index (χ1n) is 7.77. The fourth-order valence-corrected chi connectivity index (χ4v) is 3.03. The number of hydrogen-bond donors (Lipinski definition) is 0. The van der Waals surface area contributed by atoms with Gasteiger partial charge in [0.25, 0.3) is 5.56 Å². The number of nitrogens with zero attached hydrogens (tertiary/aromatic N) is 4. The van der Waals surface area contributed by atoms with E-state index in [0.717, 1.165) is 11.3 Å². The van der Waals surface area contributed by atoms with Crippen molar-refractivity contribution >= 4 is 41.0 Å². The summed E-state index contributed by atoms with van der Waals surface area (Å²) in [6, 6.07) is 13.9. The van der Waals surface area contributed by atoms with E-state index in [2.05, 4.69) is 9.97 Å². The molecule has 0 bridgehead atoms. The smallest absolute Gasteiger partial charge is 0.267 e. The summed E-state index contributed by atoms with van der Waals surface area (Å²) in [4.78, 5) is 21.2. The van der Waals surface area contributed by atoms with Gasteiger partial charge in [-0.05, 0) is 42.0 Å². The van der Waals surface area contributed by atoms with E-state index >= 15 is 0 Å². The number of pyridine rings is 1. The number of rotatable bonds is 3. The zero-order chi connectivity index (χ0) is 18.1. The maximum Gasteiger partial charge on any atom is 0.273 e. The average Bonchev–Trinajstić information content (AvgIpc) is 2.98. The molecule has 0 atom stereocenters. The molecular weight excluding hydrogens is 371 g/mol. The Kier molecular flexibility index (Phi) is 4.32. The highest BCUT2D eigenvalue weighted by Crippen LogP contribution is 2.21. The lowest BCUT2D eigenvalue weighted by Crippen LogP contribution is -2.20. The fourth-order valence-electron chi connectivity index (χ4n) is 2.63. The van der Waals surface area contributed by atoms with Crippen LogP contribution in [0, 0.1) is 0 Å². The van der Waals surface area contributed by atoms with E-state index in [-0.39, 0.29) is 5.56 Å². The molecule has 1 aromatic carbocycles. The molecule has 0 saturated carbocycles. The van der Waals surface area contributed by atoms with Gasteiger partial charge >= 0.3 is 0 Å². The molecule has 26 heavy (non-hydrogen) atoms. The van der Waals surface area contributed by atoms with Gasteiger partial charge in [0.2, 0.25) is 0 Å². The van der Waals surface area contributed by atoms with Crippen LogP contribution in [0.1, 0.15) is 11.3 Å². The highest BCUT2D eigenvalue weighted by Gasteiger charge is 2.12. The molecule has 3 aromatic heterocycles. The third kappa shape index (κ3) is 3.14. The third-order valence-corrected chi connectivity index (χ3v) is 4.31. The van der Waals surface area contributed by atoms with E-state index in [1.165, 1.54) is 10.6 Å². The van der Waals surface area contributed by atoms with E-state index in [0.29, 0.717) is 21.5 Å². The second-order valence-corrected chi connectivity index (χ2v) is 6.39. The summed E-state index contributed by atoms with van der Waals surface area (Å²) in [5.41, 5.74) is 2.41. The SMILES string of the molecule is O=c1cc(C=Cc2cccnc2)nc2cc(Cl)n(-c3ccc(Cl)cc3)n12. The molecule has 128 valence electrons. The van der Waals surface area contributed by atoms with Crippen molar-refractivity contribution < 1.29 is 0 Å². The standard InChI is InChI=1S/C19H12Cl2N4O/c20-14-4-7-16(8-5-14)24-17(21)11-18-23-15(10-19(26)25(18)24)6-3-13-2-1-9-22-12-13/h1-12H. The summed E-state index contributed by atoms with van der Waals surface area (Å²) in [6.07, 6.45) is 7.06. The topological polar surface area (TPSA) is 52.2 Å². The predicted octanol–water partition coefficient (Wildman–Crippen LogP) is 4.36. The zero-order valence-electron chi connectivity index (χ0n) is 13.4. The Balaban J connectivity index is 1.81. The minimum Gasteiger partial charge on any atom is -0.267 e. The summed E-state index contributed by atoms with van der Waals surface area (Å²) < 4.78 is 3.02. The Morgan fingerprint density at radius 2 is 1.81 bits per heavy atom. The highest BCUT2D eigenvalue weighted by atomic mass is 35.5. The third-order valence-electron chi connectivity index (χ3n) is 3.79. The molecule has 0 N–H and O–H groups in total. The summed E-state index contributed by atoms with van der Waals surface area (Å²) >= 11 is 12.3. The minimum absolute atomic E-state index is 0.234.